The van der Waals surface area contributed by atoms with Crippen molar-refractivity contribution in [1.82, 2.24) is 5.32 Å². The van der Waals surface area contributed by atoms with Crippen molar-refractivity contribution in [2.45, 2.75) is 5.92 Å². The fourth-order valence-corrected chi connectivity index (χ4v) is 2.32. The van der Waals surface area contributed by atoms with Gasteiger partial charge in [-0.25, -0.2) is 8.78 Å². The number of hydrogen-bond donors (Lipinski definition) is 1. The van der Waals surface area contributed by atoms with Crippen LogP contribution in [0.3, 0.4) is 0 Å². The Kier molecular flexibility index (Phi) is 4.23. The Labute approximate surface area is 130 Å². The van der Waals surface area contributed by atoms with Crippen molar-refractivity contribution >= 4 is 5.91 Å². The fraction of sp³-hybridized carbons (Fsp3) is 0.118. The van der Waals surface area contributed by atoms with Crippen molar-refractivity contribution in [3.05, 3.63) is 83.7 Å². The van der Waals surface area contributed by atoms with Gasteiger partial charge in [-0.1, -0.05) is 6.07 Å². The molecule has 2 aromatic heterocycles. The number of carbonyl (C=O) groups excluding carboxylic acids is 1. The second kappa shape index (κ2) is 6.48. The molecule has 0 radical (unpaired) electrons. The Morgan fingerprint density at radius 3 is 2.00 bits per heavy atom. The summed E-state index contributed by atoms with van der Waals surface area (Å²) in [6, 6.07) is 10.2. The summed E-state index contributed by atoms with van der Waals surface area (Å²) in [4.78, 5) is 12.1. The van der Waals surface area contributed by atoms with E-state index in [0.717, 1.165) is 12.1 Å². The van der Waals surface area contributed by atoms with Gasteiger partial charge >= 0.3 is 0 Å². The number of nitrogens with one attached hydrogen (secondary N) is 1. The van der Waals surface area contributed by atoms with Crippen LogP contribution in [0, 0.1) is 11.6 Å². The molecule has 0 aliphatic heterocycles. The van der Waals surface area contributed by atoms with Gasteiger partial charge in [-0.3, -0.25) is 4.79 Å². The standard InChI is InChI=1S/C17H13F2NO3/c18-12-4-1-5-13(19)16(12)17(21)20-10-11(14-6-2-8-22-14)15-7-3-9-23-15/h1-9,11H,10H2,(H,20,21). The van der Waals surface area contributed by atoms with Gasteiger partial charge in [-0.15, -0.1) is 0 Å². The lowest BCUT2D eigenvalue weighted by Gasteiger charge is -2.14. The molecular formula is C17H13F2NO3. The molecule has 118 valence electrons. The zero-order valence-corrected chi connectivity index (χ0v) is 12.0. The lowest BCUT2D eigenvalue weighted by molar-refractivity contribution is 0.0942. The maximum Gasteiger partial charge on any atom is 0.257 e. The molecule has 3 rings (SSSR count). The second-order valence-electron chi connectivity index (χ2n) is 4.89. The highest BCUT2D eigenvalue weighted by molar-refractivity contribution is 5.94. The third-order valence-electron chi connectivity index (χ3n) is 3.43. The molecule has 2 heterocycles. The van der Waals surface area contributed by atoms with Gasteiger partial charge < -0.3 is 14.2 Å². The summed E-state index contributed by atoms with van der Waals surface area (Å²) in [6.07, 6.45) is 3.01. The first-order valence-electron chi connectivity index (χ1n) is 6.96. The third-order valence-corrected chi connectivity index (χ3v) is 3.43. The highest BCUT2D eigenvalue weighted by Gasteiger charge is 2.23. The van der Waals surface area contributed by atoms with Crippen LogP contribution in [0.5, 0.6) is 0 Å². The number of benzene rings is 1. The molecule has 0 atom stereocenters. The molecule has 0 bridgehead atoms. The lowest BCUT2D eigenvalue weighted by Crippen LogP contribution is -2.30. The van der Waals surface area contributed by atoms with Gasteiger partial charge in [-0.2, -0.15) is 0 Å². The minimum atomic E-state index is -0.907. The molecule has 0 spiro atoms. The number of amides is 1. The molecular weight excluding hydrogens is 304 g/mol. The SMILES string of the molecule is O=C(NCC(c1ccco1)c1ccco1)c1c(F)cccc1F. The van der Waals surface area contributed by atoms with Crippen molar-refractivity contribution < 1.29 is 22.4 Å². The van der Waals surface area contributed by atoms with E-state index in [2.05, 4.69) is 5.32 Å². The number of hydrogen-bond acceptors (Lipinski definition) is 3. The lowest BCUT2D eigenvalue weighted by atomic mass is 10.0. The zero-order chi connectivity index (χ0) is 16.2. The van der Waals surface area contributed by atoms with Crippen LogP contribution in [0.1, 0.15) is 27.8 Å². The van der Waals surface area contributed by atoms with Crippen LogP contribution >= 0.6 is 0 Å². The van der Waals surface area contributed by atoms with Crippen LogP contribution in [0.25, 0.3) is 0 Å². The van der Waals surface area contributed by atoms with E-state index in [1.54, 1.807) is 24.3 Å². The van der Waals surface area contributed by atoms with Gasteiger partial charge in [0, 0.05) is 6.54 Å². The Hall–Kier alpha value is -2.89. The minimum absolute atomic E-state index is 0.0770. The average Bonchev–Trinajstić information content (AvgIpc) is 3.21. The fourth-order valence-electron chi connectivity index (χ4n) is 2.32. The Bertz CT molecular complexity index is 728. The van der Waals surface area contributed by atoms with Gasteiger partial charge in [0.2, 0.25) is 0 Å². The van der Waals surface area contributed by atoms with Gasteiger partial charge in [0.05, 0.1) is 18.4 Å². The molecule has 0 unspecified atom stereocenters. The minimum Gasteiger partial charge on any atom is -0.469 e. The largest absolute Gasteiger partial charge is 0.469 e. The van der Waals surface area contributed by atoms with Gasteiger partial charge in [0.15, 0.2) is 0 Å². The van der Waals surface area contributed by atoms with E-state index >= 15 is 0 Å². The van der Waals surface area contributed by atoms with Crippen molar-refractivity contribution in [3.63, 3.8) is 0 Å². The van der Waals surface area contributed by atoms with E-state index in [1.807, 2.05) is 0 Å². The summed E-state index contributed by atoms with van der Waals surface area (Å²) >= 11 is 0. The van der Waals surface area contributed by atoms with E-state index in [-0.39, 0.29) is 6.54 Å². The van der Waals surface area contributed by atoms with Gasteiger partial charge in [0.1, 0.15) is 28.7 Å². The zero-order valence-electron chi connectivity index (χ0n) is 12.0. The first-order chi connectivity index (χ1) is 11.2. The van der Waals surface area contributed by atoms with Crippen LogP contribution < -0.4 is 5.32 Å². The molecule has 0 aliphatic carbocycles. The first-order valence-corrected chi connectivity index (χ1v) is 6.96. The average molecular weight is 317 g/mol. The molecule has 0 fully saturated rings. The van der Waals surface area contributed by atoms with Crippen molar-refractivity contribution in [3.8, 4) is 0 Å². The maximum absolute atomic E-state index is 13.6. The molecule has 1 N–H and O–H groups in total. The monoisotopic (exact) mass is 317 g/mol. The first kappa shape index (κ1) is 15.0. The van der Waals surface area contributed by atoms with Crippen molar-refractivity contribution in [2.24, 2.45) is 0 Å². The predicted molar refractivity (Wildman–Crippen MR) is 78.0 cm³/mol. The molecule has 0 saturated carbocycles. The number of furan rings is 2. The molecule has 1 amide bonds. The molecule has 23 heavy (non-hydrogen) atoms. The Balaban J connectivity index is 1.78. The topological polar surface area (TPSA) is 55.4 Å². The molecule has 3 aromatic rings. The number of rotatable bonds is 5. The van der Waals surface area contributed by atoms with E-state index in [4.69, 9.17) is 8.83 Å². The predicted octanol–water partition coefficient (Wildman–Crippen LogP) is 3.71. The summed E-state index contributed by atoms with van der Waals surface area (Å²) in [5.74, 6) is -1.88. The number of halogens is 2. The number of carbonyl (C=O) groups is 1. The van der Waals surface area contributed by atoms with Crippen LogP contribution in [0.15, 0.2) is 63.8 Å². The van der Waals surface area contributed by atoms with Gasteiger partial charge in [-0.05, 0) is 36.4 Å². The van der Waals surface area contributed by atoms with Crippen LogP contribution in [0.2, 0.25) is 0 Å². The van der Waals surface area contributed by atoms with E-state index < -0.39 is 29.0 Å². The van der Waals surface area contributed by atoms with Crippen molar-refractivity contribution in [1.29, 1.82) is 0 Å². The molecule has 0 saturated heterocycles. The van der Waals surface area contributed by atoms with E-state index in [9.17, 15) is 13.6 Å². The van der Waals surface area contributed by atoms with Crippen LogP contribution in [0.4, 0.5) is 8.78 Å². The normalized spacial score (nSPS) is 10.9. The molecule has 4 nitrogen and oxygen atoms in total. The molecule has 1 aromatic carbocycles. The highest BCUT2D eigenvalue weighted by Crippen LogP contribution is 2.25. The quantitative estimate of drug-likeness (QED) is 0.780. The van der Waals surface area contributed by atoms with E-state index in [0.29, 0.717) is 11.5 Å². The summed E-state index contributed by atoms with van der Waals surface area (Å²) in [5.41, 5.74) is -0.606. The second-order valence-corrected chi connectivity index (χ2v) is 4.89. The smallest absolute Gasteiger partial charge is 0.257 e. The Morgan fingerprint density at radius 2 is 1.52 bits per heavy atom. The molecule has 0 aliphatic rings. The van der Waals surface area contributed by atoms with Crippen LogP contribution in [-0.4, -0.2) is 12.5 Å². The molecule has 6 heteroatoms. The van der Waals surface area contributed by atoms with Crippen LogP contribution in [-0.2, 0) is 0 Å². The highest BCUT2D eigenvalue weighted by atomic mass is 19.1. The Morgan fingerprint density at radius 1 is 0.957 bits per heavy atom. The summed E-state index contributed by atoms with van der Waals surface area (Å²) in [7, 11) is 0. The van der Waals surface area contributed by atoms with Gasteiger partial charge in [0.25, 0.3) is 5.91 Å². The maximum atomic E-state index is 13.6. The summed E-state index contributed by atoms with van der Waals surface area (Å²) in [6.45, 7) is 0.0770. The van der Waals surface area contributed by atoms with E-state index in [1.165, 1.54) is 18.6 Å². The van der Waals surface area contributed by atoms with Crippen molar-refractivity contribution in [2.75, 3.05) is 6.54 Å². The summed E-state index contributed by atoms with van der Waals surface area (Å²) in [5, 5.41) is 2.52. The third kappa shape index (κ3) is 3.15. The summed E-state index contributed by atoms with van der Waals surface area (Å²) < 4.78 is 38.0.